The summed E-state index contributed by atoms with van der Waals surface area (Å²) < 4.78 is 13.4. The zero-order valence-corrected chi connectivity index (χ0v) is 17.4. The van der Waals surface area contributed by atoms with Gasteiger partial charge >= 0.3 is 0 Å². The number of carbonyl (C=O) groups is 1. The van der Waals surface area contributed by atoms with Crippen molar-refractivity contribution in [2.45, 2.75) is 6.42 Å². The lowest BCUT2D eigenvalue weighted by Crippen LogP contribution is -2.26. The molecule has 0 bridgehead atoms. The second kappa shape index (κ2) is 8.15. The molecule has 0 N–H and O–H groups in total. The fourth-order valence-electron chi connectivity index (χ4n) is 3.74. The van der Waals surface area contributed by atoms with Crippen molar-refractivity contribution in [2.24, 2.45) is 0 Å². The van der Waals surface area contributed by atoms with E-state index in [1.807, 2.05) is 30.3 Å². The van der Waals surface area contributed by atoms with E-state index in [-0.39, 0.29) is 11.7 Å². The topological polar surface area (TPSA) is 59.0 Å². The number of nitrogens with zero attached hydrogens (tertiary/aromatic N) is 4. The largest absolute Gasteiger partial charge is 0.311 e. The Kier molecular flexibility index (Phi) is 5.03. The minimum Gasteiger partial charge on any atom is -0.311 e. The molecule has 32 heavy (non-hydrogen) atoms. The molecule has 0 radical (unpaired) electrons. The quantitative estimate of drug-likeness (QED) is 0.400. The minimum absolute atomic E-state index is 0.117. The van der Waals surface area contributed by atoms with Gasteiger partial charge in [-0.15, -0.1) is 0 Å². The summed E-state index contributed by atoms with van der Waals surface area (Å²) in [5, 5.41) is 2.91. The van der Waals surface area contributed by atoms with Gasteiger partial charge in [-0.3, -0.25) is 19.7 Å². The molecule has 156 valence electrons. The number of aromatic nitrogens is 3. The van der Waals surface area contributed by atoms with Crippen LogP contribution in [0.25, 0.3) is 21.7 Å². The summed E-state index contributed by atoms with van der Waals surface area (Å²) in [6.45, 7) is 0. The lowest BCUT2D eigenvalue weighted by Gasteiger charge is -2.18. The monoisotopic (exact) mass is 422 g/mol. The van der Waals surface area contributed by atoms with Gasteiger partial charge in [-0.05, 0) is 59.5 Å². The lowest BCUT2D eigenvalue weighted by molar-refractivity contribution is 0.0993. The van der Waals surface area contributed by atoms with Gasteiger partial charge in [0.05, 0.1) is 5.52 Å². The fourth-order valence-corrected chi connectivity index (χ4v) is 3.74. The first-order chi connectivity index (χ1) is 15.6. The van der Waals surface area contributed by atoms with E-state index in [0.29, 0.717) is 17.5 Å². The van der Waals surface area contributed by atoms with Crippen LogP contribution in [0.3, 0.4) is 0 Å². The average molecular weight is 422 g/mol. The third-order valence-electron chi connectivity index (χ3n) is 5.47. The van der Waals surface area contributed by atoms with Crippen molar-refractivity contribution in [3.63, 3.8) is 0 Å². The molecular weight excluding hydrogens is 403 g/mol. The molecule has 0 atom stereocenters. The van der Waals surface area contributed by atoms with Crippen molar-refractivity contribution in [1.29, 1.82) is 0 Å². The maximum absolute atomic E-state index is 13.4. The molecule has 5 nitrogen and oxygen atoms in total. The fraction of sp³-hybridized carbons (Fsp3) is 0.0769. The number of halogens is 1. The van der Waals surface area contributed by atoms with Crippen LogP contribution in [-0.2, 0) is 6.42 Å². The molecular formula is C26H19FN4O. The van der Waals surface area contributed by atoms with Gasteiger partial charge in [0, 0.05) is 72.0 Å². The van der Waals surface area contributed by atoms with Gasteiger partial charge in [0.1, 0.15) is 5.82 Å². The van der Waals surface area contributed by atoms with E-state index < -0.39 is 0 Å². The van der Waals surface area contributed by atoms with Crippen molar-refractivity contribution in [3.05, 3.63) is 108 Å². The molecule has 1 amide bonds. The summed E-state index contributed by atoms with van der Waals surface area (Å²) in [6, 6.07) is 17.8. The zero-order chi connectivity index (χ0) is 22.1. The highest BCUT2D eigenvalue weighted by atomic mass is 19.1. The Bertz CT molecular complexity index is 1470. The molecule has 0 saturated carbocycles. The van der Waals surface area contributed by atoms with Crippen molar-refractivity contribution in [3.8, 4) is 0 Å². The van der Waals surface area contributed by atoms with Crippen LogP contribution in [0.5, 0.6) is 0 Å². The van der Waals surface area contributed by atoms with E-state index >= 15 is 0 Å². The first-order valence-electron chi connectivity index (χ1n) is 10.2. The Balaban J connectivity index is 1.39. The third-order valence-corrected chi connectivity index (χ3v) is 5.47. The second-order valence-corrected chi connectivity index (χ2v) is 7.66. The van der Waals surface area contributed by atoms with E-state index in [2.05, 4.69) is 15.0 Å². The SMILES string of the molecule is CN(C(=O)c1ccnc(Cc2cnc3cc(F)ccc3c2)c1)c1ccc2cnccc2c1. The molecule has 5 rings (SSSR count). The van der Waals surface area contributed by atoms with Crippen LogP contribution in [0.4, 0.5) is 10.1 Å². The van der Waals surface area contributed by atoms with E-state index in [0.717, 1.165) is 33.1 Å². The highest BCUT2D eigenvalue weighted by molar-refractivity contribution is 6.06. The van der Waals surface area contributed by atoms with E-state index in [1.54, 1.807) is 54.9 Å². The van der Waals surface area contributed by atoms with Gasteiger partial charge in [-0.1, -0.05) is 6.07 Å². The minimum atomic E-state index is -0.308. The zero-order valence-electron chi connectivity index (χ0n) is 17.4. The maximum atomic E-state index is 13.4. The van der Waals surface area contributed by atoms with Crippen LogP contribution in [0, 0.1) is 5.82 Å². The van der Waals surface area contributed by atoms with Crippen LogP contribution in [0.1, 0.15) is 21.6 Å². The summed E-state index contributed by atoms with van der Waals surface area (Å²) in [4.78, 5) is 27.6. The Hall–Kier alpha value is -4.19. The Morgan fingerprint density at radius 2 is 1.75 bits per heavy atom. The van der Waals surface area contributed by atoms with Crippen LogP contribution in [-0.4, -0.2) is 27.9 Å². The molecule has 2 aromatic carbocycles. The van der Waals surface area contributed by atoms with Gasteiger partial charge in [0.25, 0.3) is 5.91 Å². The van der Waals surface area contributed by atoms with Crippen LogP contribution < -0.4 is 4.90 Å². The molecule has 3 heterocycles. The van der Waals surface area contributed by atoms with Gasteiger partial charge in [0.2, 0.25) is 0 Å². The van der Waals surface area contributed by atoms with Crippen molar-refractivity contribution in [2.75, 3.05) is 11.9 Å². The molecule has 0 unspecified atom stereocenters. The van der Waals surface area contributed by atoms with Crippen molar-refractivity contribution < 1.29 is 9.18 Å². The molecule has 0 saturated heterocycles. The second-order valence-electron chi connectivity index (χ2n) is 7.66. The van der Waals surface area contributed by atoms with Gasteiger partial charge < -0.3 is 4.90 Å². The molecule has 0 fully saturated rings. The highest BCUT2D eigenvalue weighted by Crippen LogP contribution is 2.23. The predicted octanol–water partition coefficient (Wildman–Crippen LogP) is 5.18. The normalized spacial score (nSPS) is 11.1. The number of pyridine rings is 3. The molecule has 0 spiro atoms. The molecule has 0 aliphatic carbocycles. The highest BCUT2D eigenvalue weighted by Gasteiger charge is 2.15. The standard InChI is InChI=1S/C26H19FN4O/c1-31(24-5-3-21-16-28-8-6-18(21)13-24)26(32)20-7-9-29-23(12-20)11-17-10-19-2-4-22(27)14-25(19)30-15-17/h2-10,12-16H,11H2,1H3. The number of rotatable bonds is 4. The van der Waals surface area contributed by atoms with Crippen LogP contribution >= 0.6 is 0 Å². The summed E-state index contributed by atoms with van der Waals surface area (Å²) in [5.74, 6) is -0.424. The van der Waals surface area contributed by atoms with Gasteiger partial charge in [-0.25, -0.2) is 4.39 Å². The van der Waals surface area contributed by atoms with Crippen LogP contribution in [0.2, 0.25) is 0 Å². The molecule has 6 heteroatoms. The Labute approximate surface area is 184 Å². The van der Waals surface area contributed by atoms with Gasteiger partial charge in [0.15, 0.2) is 0 Å². The van der Waals surface area contributed by atoms with Crippen molar-refractivity contribution >= 4 is 33.3 Å². The maximum Gasteiger partial charge on any atom is 0.258 e. The lowest BCUT2D eigenvalue weighted by atomic mass is 10.1. The third kappa shape index (κ3) is 3.90. The number of carbonyl (C=O) groups excluding carboxylic acids is 1. The Morgan fingerprint density at radius 1 is 0.875 bits per heavy atom. The summed E-state index contributed by atoms with van der Waals surface area (Å²) in [6.07, 6.45) is 7.42. The number of fused-ring (bicyclic) bond motifs is 2. The van der Waals surface area contributed by atoms with E-state index in [4.69, 9.17) is 0 Å². The van der Waals surface area contributed by atoms with Gasteiger partial charge in [-0.2, -0.15) is 0 Å². The smallest absolute Gasteiger partial charge is 0.258 e. The number of benzene rings is 2. The number of hydrogen-bond donors (Lipinski definition) is 0. The predicted molar refractivity (Wildman–Crippen MR) is 123 cm³/mol. The molecule has 0 aliphatic rings. The van der Waals surface area contributed by atoms with Crippen molar-refractivity contribution in [1.82, 2.24) is 15.0 Å². The summed E-state index contributed by atoms with van der Waals surface area (Å²) in [5.41, 5.74) is 3.68. The summed E-state index contributed by atoms with van der Waals surface area (Å²) >= 11 is 0. The number of hydrogen-bond acceptors (Lipinski definition) is 4. The molecule has 0 aliphatic heterocycles. The first-order valence-corrected chi connectivity index (χ1v) is 10.2. The number of amides is 1. The van der Waals surface area contributed by atoms with Crippen LogP contribution in [0.15, 0.2) is 85.5 Å². The summed E-state index contributed by atoms with van der Waals surface area (Å²) in [7, 11) is 1.76. The average Bonchev–Trinajstić information content (AvgIpc) is 2.83. The molecule has 3 aromatic heterocycles. The molecule has 5 aromatic rings. The van der Waals surface area contributed by atoms with E-state index in [1.165, 1.54) is 12.1 Å². The first kappa shape index (κ1) is 19.8. The number of anilines is 1. The Morgan fingerprint density at radius 3 is 2.66 bits per heavy atom. The van der Waals surface area contributed by atoms with E-state index in [9.17, 15) is 9.18 Å².